The Labute approximate surface area is 182 Å². The van der Waals surface area contributed by atoms with Gasteiger partial charge in [-0.2, -0.15) is 18.3 Å². The van der Waals surface area contributed by atoms with Crippen LogP contribution in [0.5, 0.6) is 5.75 Å². The van der Waals surface area contributed by atoms with Gasteiger partial charge in [0.05, 0.1) is 4.92 Å². The maximum atomic E-state index is 13.9. The molecule has 0 aliphatic heterocycles. The molecule has 0 atom stereocenters. The van der Waals surface area contributed by atoms with Crippen molar-refractivity contribution >= 4 is 17.3 Å². The van der Waals surface area contributed by atoms with Crippen LogP contribution in [-0.4, -0.2) is 20.6 Å². The number of nitro groups is 1. The van der Waals surface area contributed by atoms with Gasteiger partial charge in [-0.3, -0.25) is 14.9 Å². The van der Waals surface area contributed by atoms with Crippen LogP contribution in [0, 0.1) is 39.2 Å². The second-order valence-corrected chi connectivity index (χ2v) is 6.34. The molecule has 8 nitrogen and oxygen atoms in total. The maximum absolute atomic E-state index is 13.9. The van der Waals surface area contributed by atoms with Crippen molar-refractivity contribution in [3.05, 3.63) is 80.9 Å². The van der Waals surface area contributed by atoms with E-state index in [1.807, 2.05) is 0 Å². The van der Waals surface area contributed by atoms with Crippen molar-refractivity contribution in [1.82, 2.24) is 9.78 Å². The Morgan fingerprint density at radius 3 is 2.24 bits per heavy atom. The van der Waals surface area contributed by atoms with Crippen LogP contribution >= 0.6 is 0 Å². The van der Waals surface area contributed by atoms with Gasteiger partial charge >= 0.3 is 11.9 Å². The van der Waals surface area contributed by atoms with Crippen LogP contribution in [0.2, 0.25) is 0 Å². The van der Waals surface area contributed by atoms with Crippen LogP contribution in [0.4, 0.5) is 46.5 Å². The number of carbonyl (C=O) groups excluding carboxylic acids is 1. The highest BCUT2D eigenvalue weighted by Crippen LogP contribution is 2.38. The van der Waals surface area contributed by atoms with Crippen molar-refractivity contribution in [2.24, 2.45) is 0 Å². The minimum Gasteiger partial charge on any atom is -0.464 e. The van der Waals surface area contributed by atoms with Gasteiger partial charge in [0.1, 0.15) is 17.1 Å². The molecule has 0 saturated heterocycles. The number of nitro benzene ring substituents is 1. The van der Waals surface area contributed by atoms with Gasteiger partial charge in [0, 0.05) is 18.3 Å². The third-order valence-electron chi connectivity index (χ3n) is 4.13. The largest absolute Gasteiger partial charge is 0.464 e. The van der Waals surface area contributed by atoms with E-state index in [0.717, 1.165) is 29.1 Å². The summed E-state index contributed by atoms with van der Waals surface area (Å²) in [7, 11) is 0. The first-order valence-electron chi connectivity index (χ1n) is 8.66. The summed E-state index contributed by atoms with van der Waals surface area (Å²) in [6.07, 6.45) is -4.73. The summed E-state index contributed by atoms with van der Waals surface area (Å²) in [6.45, 7) is -0.621. The zero-order valence-electron chi connectivity index (χ0n) is 16.1. The molecule has 1 amide bonds. The Bertz CT molecular complexity index is 1260. The number of ether oxygens (including phenoxy) is 1. The van der Waals surface area contributed by atoms with Gasteiger partial charge in [0.15, 0.2) is 35.7 Å². The van der Waals surface area contributed by atoms with Crippen molar-refractivity contribution in [1.29, 1.82) is 0 Å². The van der Waals surface area contributed by atoms with E-state index in [-0.39, 0.29) is 0 Å². The highest BCUT2D eigenvalue weighted by Gasteiger charge is 2.42. The third kappa shape index (κ3) is 4.74. The molecule has 0 spiro atoms. The van der Waals surface area contributed by atoms with Gasteiger partial charge in [-0.25, -0.2) is 26.6 Å². The maximum Gasteiger partial charge on any atom is 0.422 e. The lowest BCUT2D eigenvalue weighted by Crippen LogP contribution is -2.21. The fourth-order valence-corrected chi connectivity index (χ4v) is 2.61. The van der Waals surface area contributed by atoms with Crippen LogP contribution in [-0.2, 0) is 12.9 Å². The predicted molar refractivity (Wildman–Crippen MR) is 95.1 cm³/mol. The first-order chi connectivity index (χ1) is 15.8. The Kier molecular flexibility index (Phi) is 6.42. The monoisotopic (exact) mass is 496 g/mol. The average molecular weight is 496 g/mol. The molecule has 0 aliphatic carbocycles. The molecule has 3 rings (SSSR count). The molecule has 34 heavy (non-hydrogen) atoms. The number of amides is 1. The van der Waals surface area contributed by atoms with E-state index in [0.29, 0.717) is 6.07 Å². The quantitative estimate of drug-likeness (QED) is 0.229. The number of alkyl halides is 3. The van der Waals surface area contributed by atoms with E-state index < -0.39 is 81.2 Å². The van der Waals surface area contributed by atoms with E-state index >= 15 is 0 Å². The molecule has 0 saturated carbocycles. The lowest BCUT2D eigenvalue weighted by Gasteiger charge is -2.14. The average Bonchev–Trinajstić information content (AvgIpc) is 3.22. The second kappa shape index (κ2) is 8.95. The Morgan fingerprint density at radius 2 is 1.68 bits per heavy atom. The zero-order chi connectivity index (χ0) is 25.4. The van der Waals surface area contributed by atoms with Crippen LogP contribution in [0.1, 0.15) is 16.1 Å². The molecule has 1 heterocycles. The summed E-state index contributed by atoms with van der Waals surface area (Å²) in [6, 6.07) is 3.25. The highest BCUT2D eigenvalue weighted by atomic mass is 19.4. The number of halogens is 8. The number of carbonyl (C=O) groups is 1. The van der Waals surface area contributed by atoms with Crippen LogP contribution in [0.3, 0.4) is 0 Å². The molecular formula is C18H8F8N4O4. The number of anilines is 1. The SMILES string of the molecule is O=C(Nc1c(F)c(F)c(C(F)(F)F)c(F)c1F)c1ccn(COc2cc(F)ccc2[N+](=O)[O-])n1. The number of hydrogen-bond acceptors (Lipinski definition) is 5. The molecule has 1 aromatic heterocycles. The Morgan fingerprint density at radius 1 is 1.06 bits per heavy atom. The summed E-state index contributed by atoms with van der Waals surface area (Å²) in [5.74, 6) is -13.4. The molecule has 0 unspecified atom stereocenters. The third-order valence-corrected chi connectivity index (χ3v) is 4.13. The molecule has 0 aliphatic rings. The predicted octanol–water partition coefficient (Wildman–Crippen LogP) is 4.79. The van der Waals surface area contributed by atoms with E-state index in [1.54, 1.807) is 0 Å². The van der Waals surface area contributed by atoms with Crippen molar-refractivity contribution in [3.8, 4) is 5.75 Å². The van der Waals surface area contributed by atoms with E-state index in [2.05, 4.69) is 5.10 Å². The minimum absolute atomic E-state index is 0.494. The number of hydrogen-bond donors (Lipinski definition) is 1. The molecular weight excluding hydrogens is 488 g/mol. The number of nitrogens with zero attached hydrogens (tertiary/aromatic N) is 3. The van der Waals surface area contributed by atoms with Crippen LogP contribution in [0.15, 0.2) is 30.5 Å². The molecule has 0 bridgehead atoms. The molecule has 0 radical (unpaired) electrons. The summed E-state index contributed by atoms with van der Waals surface area (Å²) >= 11 is 0. The van der Waals surface area contributed by atoms with Crippen molar-refractivity contribution in [2.45, 2.75) is 12.9 Å². The fourth-order valence-electron chi connectivity index (χ4n) is 2.61. The van der Waals surface area contributed by atoms with Gasteiger partial charge in [-0.15, -0.1) is 0 Å². The van der Waals surface area contributed by atoms with Crippen LogP contribution in [0.25, 0.3) is 0 Å². The smallest absolute Gasteiger partial charge is 0.422 e. The first-order valence-corrected chi connectivity index (χ1v) is 8.66. The minimum atomic E-state index is -5.76. The van der Waals surface area contributed by atoms with Crippen molar-refractivity contribution in [3.63, 3.8) is 0 Å². The number of aromatic nitrogens is 2. The standard InChI is InChI=1S/C18H8F8N4O4/c19-7-1-2-9(30(32)33)10(5-7)34-6-29-4-3-8(28-29)17(31)27-16-14(22)12(20)11(18(24,25)26)13(21)15(16)23/h1-5H,6H2,(H,27,31). The summed E-state index contributed by atoms with van der Waals surface area (Å²) in [5.41, 5.74) is -5.87. The van der Waals surface area contributed by atoms with Gasteiger partial charge in [-0.05, 0) is 12.1 Å². The van der Waals surface area contributed by atoms with E-state index in [9.17, 15) is 50.0 Å². The van der Waals surface area contributed by atoms with E-state index in [4.69, 9.17) is 4.74 Å². The topological polar surface area (TPSA) is 99.3 Å². The molecule has 180 valence electrons. The summed E-state index contributed by atoms with van der Waals surface area (Å²) < 4.78 is 112. The van der Waals surface area contributed by atoms with Crippen molar-refractivity contribution in [2.75, 3.05) is 5.32 Å². The van der Waals surface area contributed by atoms with Gasteiger partial charge in [-0.1, -0.05) is 0 Å². The molecule has 3 aromatic rings. The molecule has 16 heteroatoms. The number of benzene rings is 2. The Hall–Kier alpha value is -4.24. The lowest BCUT2D eigenvalue weighted by atomic mass is 10.1. The molecule has 2 aromatic carbocycles. The Balaban J connectivity index is 1.80. The zero-order valence-corrected chi connectivity index (χ0v) is 16.1. The van der Waals surface area contributed by atoms with E-state index in [1.165, 1.54) is 5.32 Å². The number of nitrogens with one attached hydrogen (secondary N) is 1. The molecule has 1 N–H and O–H groups in total. The summed E-state index contributed by atoms with van der Waals surface area (Å²) in [4.78, 5) is 22.2. The van der Waals surface area contributed by atoms with Crippen LogP contribution < -0.4 is 10.1 Å². The lowest BCUT2D eigenvalue weighted by molar-refractivity contribution is -0.386. The highest BCUT2D eigenvalue weighted by molar-refractivity contribution is 6.03. The van der Waals surface area contributed by atoms with Gasteiger partial charge in [0.2, 0.25) is 5.75 Å². The van der Waals surface area contributed by atoms with Crippen molar-refractivity contribution < 1.29 is 49.6 Å². The second-order valence-electron chi connectivity index (χ2n) is 6.34. The molecule has 0 fully saturated rings. The van der Waals surface area contributed by atoms with Gasteiger partial charge < -0.3 is 10.1 Å². The fraction of sp³-hybridized carbons (Fsp3) is 0.111. The normalized spacial score (nSPS) is 11.4. The number of rotatable bonds is 6. The van der Waals surface area contributed by atoms with Gasteiger partial charge in [0.25, 0.3) is 5.91 Å². The summed E-state index contributed by atoms with van der Waals surface area (Å²) in [5, 5.41) is 15.9. The first kappa shape index (κ1) is 24.4.